The van der Waals surface area contributed by atoms with Crippen LogP contribution >= 0.6 is 0 Å². The molecule has 0 aliphatic carbocycles. The Morgan fingerprint density at radius 1 is 1.33 bits per heavy atom. The fourth-order valence-corrected chi connectivity index (χ4v) is 1.73. The Morgan fingerprint density at radius 3 is 2.56 bits per heavy atom. The Hall–Kier alpha value is -2.04. The number of carbonyl (C=O) groups is 2. The third-order valence-corrected chi connectivity index (χ3v) is 2.77. The molecule has 0 unspecified atom stereocenters. The predicted molar refractivity (Wildman–Crippen MR) is 68.3 cm³/mol. The van der Waals surface area contributed by atoms with Crippen molar-refractivity contribution in [3.63, 3.8) is 0 Å². The molecule has 1 amide bonds. The first-order chi connectivity index (χ1) is 8.69. The van der Waals surface area contributed by atoms with Crippen molar-refractivity contribution in [2.45, 2.75) is 25.8 Å². The number of hydrogen-bond donors (Lipinski definition) is 2. The average molecular weight is 248 g/mol. The predicted octanol–water partition coefficient (Wildman–Crippen LogP) is 1.76. The van der Waals surface area contributed by atoms with Gasteiger partial charge in [-0.2, -0.15) is 0 Å². The van der Waals surface area contributed by atoms with Gasteiger partial charge in [0, 0.05) is 24.2 Å². The molecule has 96 valence electrons. The minimum Gasteiger partial charge on any atom is -0.464 e. The highest BCUT2D eigenvalue weighted by atomic mass is 16.5. The zero-order valence-corrected chi connectivity index (χ0v) is 10.2. The molecule has 1 heterocycles. The van der Waals surface area contributed by atoms with Crippen LogP contribution in [0.15, 0.2) is 24.3 Å². The first-order valence-corrected chi connectivity index (χ1v) is 6.02. The van der Waals surface area contributed by atoms with Crippen molar-refractivity contribution in [3.05, 3.63) is 24.3 Å². The molecule has 0 bridgehead atoms. The van der Waals surface area contributed by atoms with Gasteiger partial charge < -0.3 is 15.4 Å². The number of cyclic esters (lactones) is 1. The molecule has 0 aromatic heterocycles. The molecule has 1 aromatic rings. The fourth-order valence-electron chi connectivity index (χ4n) is 1.73. The van der Waals surface area contributed by atoms with E-state index in [1.165, 1.54) is 0 Å². The van der Waals surface area contributed by atoms with Gasteiger partial charge in [0.15, 0.2) is 0 Å². The van der Waals surface area contributed by atoms with Crippen LogP contribution in [0, 0.1) is 0 Å². The lowest BCUT2D eigenvalue weighted by atomic mass is 10.2. The summed E-state index contributed by atoms with van der Waals surface area (Å²) in [5.41, 5.74) is 1.59. The minimum atomic E-state index is -0.263. The molecule has 1 aromatic carbocycles. The fraction of sp³-hybridized carbons (Fsp3) is 0.385. The summed E-state index contributed by atoms with van der Waals surface area (Å²) in [7, 11) is 0. The Bertz CT molecular complexity index is 442. The Kier molecular flexibility index (Phi) is 3.82. The van der Waals surface area contributed by atoms with Crippen LogP contribution in [0.1, 0.15) is 19.8 Å². The summed E-state index contributed by atoms with van der Waals surface area (Å²) in [6.07, 6.45) is 1.14. The zero-order valence-electron chi connectivity index (χ0n) is 10.2. The Labute approximate surface area is 106 Å². The molecule has 1 saturated heterocycles. The van der Waals surface area contributed by atoms with Crippen LogP contribution in [0.25, 0.3) is 0 Å². The molecule has 1 aliphatic heterocycles. The van der Waals surface area contributed by atoms with Crippen LogP contribution in [0.4, 0.5) is 11.4 Å². The van der Waals surface area contributed by atoms with Crippen molar-refractivity contribution in [2.24, 2.45) is 0 Å². The quantitative estimate of drug-likeness (QED) is 0.797. The van der Waals surface area contributed by atoms with Gasteiger partial charge in [0.05, 0.1) is 6.61 Å². The highest BCUT2D eigenvalue weighted by molar-refractivity contribution is 5.90. The van der Waals surface area contributed by atoms with Crippen LogP contribution in [0.5, 0.6) is 0 Å². The van der Waals surface area contributed by atoms with E-state index in [0.717, 1.165) is 11.4 Å². The number of amides is 1. The van der Waals surface area contributed by atoms with Gasteiger partial charge in [0.25, 0.3) is 0 Å². The van der Waals surface area contributed by atoms with Gasteiger partial charge in [0.1, 0.15) is 6.04 Å². The number of ether oxygens (including phenoxy) is 1. The van der Waals surface area contributed by atoms with Crippen molar-refractivity contribution >= 4 is 23.3 Å². The van der Waals surface area contributed by atoms with E-state index in [4.69, 9.17) is 4.74 Å². The highest BCUT2D eigenvalue weighted by Gasteiger charge is 2.25. The molecule has 0 spiro atoms. The minimum absolute atomic E-state index is 0.0184. The number of nitrogens with one attached hydrogen (secondary N) is 2. The molecule has 0 saturated carbocycles. The third-order valence-electron chi connectivity index (χ3n) is 2.77. The summed E-state index contributed by atoms with van der Waals surface area (Å²) in [6, 6.07) is 7.00. The lowest BCUT2D eigenvalue weighted by Gasteiger charge is -2.11. The normalized spacial score (nSPS) is 18.3. The van der Waals surface area contributed by atoms with Gasteiger partial charge in [-0.3, -0.25) is 4.79 Å². The molecular formula is C13H16N2O3. The van der Waals surface area contributed by atoms with Crippen LogP contribution < -0.4 is 10.6 Å². The SMILES string of the molecule is CCC(=O)Nc1ccc(N[C@H]2CCOC2=O)cc1. The summed E-state index contributed by atoms with van der Waals surface area (Å²) in [4.78, 5) is 22.5. The van der Waals surface area contributed by atoms with Crippen molar-refractivity contribution in [1.29, 1.82) is 0 Å². The Balaban J connectivity index is 1.95. The number of esters is 1. The van der Waals surface area contributed by atoms with Crippen LogP contribution in [-0.2, 0) is 14.3 Å². The van der Waals surface area contributed by atoms with E-state index >= 15 is 0 Å². The second-order valence-corrected chi connectivity index (χ2v) is 4.13. The smallest absolute Gasteiger partial charge is 0.328 e. The Morgan fingerprint density at radius 2 is 2.00 bits per heavy atom. The standard InChI is InChI=1S/C13H16N2O3/c1-2-12(16)15-10-5-3-9(4-6-10)14-11-7-8-18-13(11)17/h3-6,11,14H,2,7-8H2,1H3,(H,15,16)/t11-/m0/s1. The molecule has 1 atom stereocenters. The maximum Gasteiger partial charge on any atom is 0.328 e. The number of hydrogen-bond acceptors (Lipinski definition) is 4. The number of carbonyl (C=O) groups excluding carboxylic acids is 2. The van der Waals surface area contributed by atoms with Gasteiger partial charge >= 0.3 is 5.97 Å². The number of rotatable bonds is 4. The van der Waals surface area contributed by atoms with Crippen LogP contribution in [0.3, 0.4) is 0 Å². The van der Waals surface area contributed by atoms with Crippen molar-refractivity contribution < 1.29 is 14.3 Å². The van der Waals surface area contributed by atoms with Gasteiger partial charge in [-0.15, -0.1) is 0 Å². The summed E-state index contributed by atoms with van der Waals surface area (Å²) in [5, 5.41) is 5.86. The zero-order chi connectivity index (χ0) is 13.0. The maximum atomic E-state index is 11.3. The van der Waals surface area contributed by atoms with Gasteiger partial charge in [-0.1, -0.05) is 6.92 Å². The molecular weight excluding hydrogens is 232 g/mol. The molecule has 5 nitrogen and oxygen atoms in total. The molecule has 2 N–H and O–H groups in total. The summed E-state index contributed by atoms with van der Waals surface area (Å²) in [5.74, 6) is -0.228. The van der Waals surface area contributed by atoms with Crippen molar-refractivity contribution in [1.82, 2.24) is 0 Å². The molecule has 1 aliphatic rings. The molecule has 18 heavy (non-hydrogen) atoms. The van der Waals surface area contributed by atoms with Crippen molar-refractivity contribution in [3.8, 4) is 0 Å². The number of anilines is 2. The average Bonchev–Trinajstić information content (AvgIpc) is 2.77. The first kappa shape index (κ1) is 12.4. The summed E-state index contributed by atoms with van der Waals surface area (Å²) < 4.78 is 4.87. The van der Waals surface area contributed by atoms with Crippen molar-refractivity contribution in [2.75, 3.05) is 17.2 Å². The summed E-state index contributed by atoms with van der Waals surface area (Å²) >= 11 is 0. The van der Waals surface area contributed by atoms with Crippen LogP contribution in [0.2, 0.25) is 0 Å². The van der Waals surface area contributed by atoms with E-state index < -0.39 is 0 Å². The second kappa shape index (κ2) is 5.53. The molecule has 5 heteroatoms. The van der Waals surface area contributed by atoms with E-state index in [2.05, 4.69) is 10.6 Å². The van der Waals surface area contributed by atoms with E-state index in [9.17, 15) is 9.59 Å². The number of benzene rings is 1. The molecule has 0 radical (unpaired) electrons. The monoisotopic (exact) mass is 248 g/mol. The lowest BCUT2D eigenvalue weighted by molar-refractivity contribution is -0.138. The largest absolute Gasteiger partial charge is 0.464 e. The first-order valence-electron chi connectivity index (χ1n) is 6.02. The maximum absolute atomic E-state index is 11.3. The van der Waals surface area contributed by atoms with Gasteiger partial charge in [-0.25, -0.2) is 4.79 Å². The summed E-state index contributed by atoms with van der Waals surface area (Å²) in [6.45, 7) is 2.28. The topological polar surface area (TPSA) is 67.4 Å². The highest BCUT2D eigenvalue weighted by Crippen LogP contribution is 2.17. The van der Waals surface area contributed by atoms with E-state index in [-0.39, 0.29) is 17.9 Å². The molecule has 1 fully saturated rings. The third kappa shape index (κ3) is 3.00. The lowest BCUT2D eigenvalue weighted by Crippen LogP contribution is -2.24. The van der Waals surface area contributed by atoms with Crippen LogP contribution in [-0.4, -0.2) is 24.5 Å². The second-order valence-electron chi connectivity index (χ2n) is 4.13. The van der Waals surface area contributed by atoms with E-state index in [0.29, 0.717) is 19.4 Å². The van der Waals surface area contributed by atoms with Gasteiger partial charge in [-0.05, 0) is 24.3 Å². The van der Waals surface area contributed by atoms with E-state index in [1.807, 2.05) is 12.1 Å². The van der Waals surface area contributed by atoms with E-state index in [1.54, 1.807) is 19.1 Å². The molecule has 2 rings (SSSR count). The van der Waals surface area contributed by atoms with Gasteiger partial charge in [0.2, 0.25) is 5.91 Å².